The van der Waals surface area contributed by atoms with Crippen molar-refractivity contribution >= 4 is 8.07 Å². The lowest BCUT2D eigenvalue weighted by molar-refractivity contribution is 0.151. The fourth-order valence-corrected chi connectivity index (χ4v) is 3.93. The van der Waals surface area contributed by atoms with E-state index in [1.54, 1.807) is 0 Å². The van der Waals surface area contributed by atoms with Crippen LogP contribution < -0.4 is 5.73 Å². The van der Waals surface area contributed by atoms with Gasteiger partial charge in [-0.15, -0.1) is 5.54 Å². The molecule has 0 aliphatic heterocycles. The smallest absolute Gasteiger partial charge is 0.137 e. The molecule has 0 heterocycles. The number of rotatable bonds is 5. The highest BCUT2D eigenvalue weighted by molar-refractivity contribution is 6.87. The van der Waals surface area contributed by atoms with E-state index in [4.69, 9.17) is 10.8 Å². The van der Waals surface area contributed by atoms with Crippen LogP contribution in [0.3, 0.4) is 0 Å². The maximum Gasteiger partial charge on any atom is 0.137 e. The molecule has 0 fully saturated rings. The number of hydrogen-bond acceptors (Lipinski definition) is 3. The van der Waals surface area contributed by atoms with Gasteiger partial charge in [0.15, 0.2) is 0 Å². The number of nitrogens with two attached hydrogens (primary N) is 1. The zero-order valence-electron chi connectivity index (χ0n) is 9.95. The Morgan fingerprint density at radius 2 is 1.67 bits per heavy atom. The molecule has 1 unspecified atom stereocenters. The average molecular weight is 229 g/mol. The summed E-state index contributed by atoms with van der Waals surface area (Å²) in [6.07, 6.45) is -0.897. The van der Waals surface area contributed by atoms with Crippen LogP contribution in [0.25, 0.3) is 0 Å². The van der Waals surface area contributed by atoms with Crippen LogP contribution in [0.4, 0.5) is 0 Å². The summed E-state index contributed by atoms with van der Waals surface area (Å²) in [6, 6.07) is 2.67. The van der Waals surface area contributed by atoms with E-state index in [-0.39, 0.29) is 6.61 Å². The van der Waals surface area contributed by atoms with E-state index < -0.39 is 20.2 Å². The zero-order valence-corrected chi connectivity index (χ0v) is 11.0. The number of aliphatic hydroxyl groups excluding tert-OH is 2. The summed E-state index contributed by atoms with van der Waals surface area (Å²) in [5, 5.41) is 18.3. The van der Waals surface area contributed by atoms with E-state index in [0.29, 0.717) is 0 Å². The minimum atomic E-state index is -1.50. The van der Waals surface area contributed by atoms with Crippen molar-refractivity contribution < 1.29 is 10.2 Å². The Kier molecular flexibility index (Phi) is 6.86. The standard InChI is InChI=1S/C11H23NO2Si/c1-4-15(5-2,6-3)8-7-11(14)10(12)9-13/h10-11,13-14H,4-6,9,12H2,1-3H3/t10-,11?/m0/s1. The van der Waals surface area contributed by atoms with Crippen molar-refractivity contribution in [2.45, 2.75) is 51.0 Å². The third-order valence-electron chi connectivity index (χ3n) is 3.13. The highest BCUT2D eigenvalue weighted by atomic mass is 28.3. The Morgan fingerprint density at radius 3 is 2.00 bits per heavy atom. The van der Waals surface area contributed by atoms with Gasteiger partial charge in [0.1, 0.15) is 14.2 Å². The van der Waals surface area contributed by atoms with E-state index in [9.17, 15) is 5.11 Å². The van der Waals surface area contributed by atoms with Gasteiger partial charge in [0.2, 0.25) is 0 Å². The van der Waals surface area contributed by atoms with Crippen molar-refractivity contribution in [3.05, 3.63) is 0 Å². The normalized spacial score (nSPS) is 15.3. The molecule has 0 saturated heterocycles. The molecule has 0 rings (SSSR count). The SMILES string of the molecule is CC[Si](C#CC(O)[C@@H](N)CO)(CC)CC. The third-order valence-corrected chi connectivity index (χ3v) is 7.87. The molecule has 4 heteroatoms. The molecular weight excluding hydrogens is 206 g/mol. The Morgan fingerprint density at radius 1 is 1.20 bits per heavy atom. The maximum atomic E-state index is 9.53. The molecule has 88 valence electrons. The topological polar surface area (TPSA) is 66.5 Å². The molecule has 15 heavy (non-hydrogen) atoms. The minimum absolute atomic E-state index is 0.227. The third kappa shape index (κ3) is 4.35. The molecule has 0 radical (unpaired) electrons. The van der Waals surface area contributed by atoms with Crippen molar-refractivity contribution in [2.75, 3.05) is 6.61 Å². The molecule has 0 bridgehead atoms. The van der Waals surface area contributed by atoms with Crippen molar-refractivity contribution in [3.63, 3.8) is 0 Å². The summed E-state index contributed by atoms with van der Waals surface area (Å²) in [5.74, 6) is 2.81. The van der Waals surface area contributed by atoms with E-state index in [2.05, 4.69) is 32.2 Å². The Hall–Kier alpha value is -0.343. The molecule has 0 spiro atoms. The van der Waals surface area contributed by atoms with Gasteiger partial charge in [-0.25, -0.2) is 0 Å². The van der Waals surface area contributed by atoms with Gasteiger partial charge in [0.25, 0.3) is 0 Å². The van der Waals surface area contributed by atoms with Crippen molar-refractivity contribution in [1.82, 2.24) is 0 Å². The Bertz CT molecular complexity index is 222. The Balaban J connectivity index is 4.59. The van der Waals surface area contributed by atoms with Gasteiger partial charge in [0.05, 0.1) is 12.6 Å². The van der Waals surface area contributed by atoms with Gasteiger partial charge in [-0.2, -0.15) is 0 Å². The first-order valence-corrected chi connectivity index (χ1v) is 8.24. The van der Waals surface area contributed by atoms with E-state index >= 15 is 0 Å². The van der Waals surface area contributed by atoms with E-state index in [1.165, 1.54) is 0 Å². The van der Waals surface area contributed by atoms with Crippen LogP contribution in [0.5, 0.6) is 0 Å². The second-order valence-corrected chi connectivity index (χ2v) is 8.83. The first-order valence-electron chi connectivity index (χ1n) is 5.62. The lowest BCUT2D eigenvalue weighted by Gasteiger charge is -2.20. The van der Waals surface area contributed by atoms with Crippen molar-refractivity contribution in [1.29, 1.82) is 0 Å². The molecule has 2 atom stereocenters. The van der Waals surface area contributed by atoms with Gasteiger partial charge in [-0.05, 0) is 18.1 Å². The molecule has 3 nitrogen and oxygen atoms in total. The fraction of sp³-hybridized carbons (Fsp3) is 0.818. The largest absolute Gasteiger partial charge is 0.395 e. The van der Waals surface area contributed by atoms with E-state index in [0.717, 1.165) is 18.1 Å². The second-order valence-electron chi connectivity index (χ2n) is 3.90. The van der Waals surface area contributed by atoms with Gasteiger partial charge in [-0.3, -0.25) is 0 Å². The molecule has 0 aromatic heterocycles. The lowest BCUT2D eigenvalue weighted by Crippen LogP contribution is -2.38. The summed E-state index contributed by atoms with van der Waals surface area (Å²) in [5.41, 5.74) is 8.73. The molecule has 0 aliphatic rings. The van der Waals surface area contributed by atoms with Crippen LogP contribution in [0.1, 0.15) is 20.8 Å². The highest BCUT2D eigenvalue weighted by Crippen LogP contribution is 2.18. The molecule has 4 N–H and O–H groups in total. The average Bonchev–Trinajstić information content (AvgIpc) is 2.30. The van der Waals surface area contributed by atoms with Gasteiger partial charge in [-0.1, -0.05) is 26.7 Å². The monoisotopic (exact) mass is 229 g/mol. The summed E-state index contributed by atoms with van der Waals surface area (Å²) >= 11 is 0. The minimum Gasteiger partial charge on any atom is -0.395 e. The number of aliphatic hydroxyl groups is 2. The van der Waals surface area contributed by atoms with Crippen molar-refractivity contribution in [2.24, 2.45) is 5.73 Å². The first-order chi connectivity index (χ1) is 7.05. The van der Waals surface area contributed by atoms with Crippen LogP contribution in [-0.4, -0.2) is 37.0 Å². The first kappa shape index (κ1) is 14.7. The molecule has 0 amide bonds. The van der Waals surface area contributed by atoms with Crippen LogP contribution in [0.2, 0.25) is 18.1 Å². The quantitative estimate of drug-likeness (QED) is 0.481. The van der Waals surface area contributed by atoms with Gasteiger partial charge >= 0.3 is 0 Å². The summed E-state index contributed by atoms with van der Waals surface area (Å²) in [4.78, 5) is 0. The highest BCUT2D eigenvalue weighted by Gasteiger charge is 2.24. The van der Waals surface area contributed by atoms with Gasteiger partial charge in [0, 0.05) is 0 Å². The summed E-state index contributed by atoms with van der Waals surface area (Å²) in [6.45, 7) is 6.25. The molecule has 0 aromatic rings. The predicted molar refractivity (Wildman–Crippen MR) is 66.0 cm³/mol. The van der Waals surface area contributed by atoms with Crippen LogP contribution >= 0.6 is 0 Å². The van der Waals surface area contributed by atoms with Crippen molar-refractivity contribution in [3.8, 4) is 11.5 Å². The predicted octanol–water partition coefficient (Wildman–Crippen LogP) is 0.718. The molecule has 0 saturated carbocycles. The molecule has 0 aliphatic carbocycles. The Labute approximate surface area is 93.7 Å². The van der Waals surface area contributed by atoms with Crippen LogP contribution in [-0.2, 0) is 0 Å². The zero-order chi connectivity index (χ0) is 11.9. The summed E-state index contributed by atoms with van der Waals surface area (Å²) < 4.78 is 0. The maximum absolute atomic E-state index is 9.53. The number of hydrogen-bond donors (Lipinski definition) is 3. The lowest BCUT2D eigenvalue weighted by atomic mass is 10.2. The summed E-state index contributed by atoms with van der Waals surface area (Å²) in [7, 11) is -1.50. The molecule has 0 aromatic carbocycles. The fourth-order valence-electron chi connectivity index (χ4n) is 1.45. The molecular formula is C11H23NO2Si. The second kappa shape index (κ2) is 7.02. The van der Waals surface area contributed by atoms with Crippen LogP contribution in [0.15, 0.2) is 0 Å². The van der Waals surface area contributed by atoms with Gasteiger partial charge < -0.3 is 15.9 Å². The van der Waals surface area contributed by atoms with E-state index in [1.807, 2.05) is 0 Å². The van der Waals surface area contributed by atoms with Crippen LogP contribution in [0, 0.1) is 11.5 Å².